The molecule has 0 atom stereocenters. The van der Waals surface area contributed by atoms with Gasteiger partial charge in [0.15, 0.2) is 7.98 Å². The molecule has 0 spiro atoms. The molecular formula is C12H18BN3O2. The lowest BCUT2D eigenvalue weighted by Gasteiger charge is -2.36. The Morgan fingerprint density at radius 1 is 1.67 bits per heavy atom. The average molecular weight is 247 g/mol. The maximum absolute atomic E-state index is 11.8. The largest absolute Gasteiger partial charge is 0.443 e. The monoisotopic (exact) mass is 247 g/mol. The van der Waals surface area contributed by atoms with Crippen LogP contribution in [0.3, 0.4) is 0 Å². The van der Waals surface area contributed by atoms with E-state index in [1.54, 1.807) is 18.1 Å². The van der Waals surface area contributed by atoms with Crippen molar-refractivity contribution >= 4 is 14.1 Å². The topological polar surface area (TPSA) is 45.7 Å². The zero-order valence-corrected chi connectivity index (χ0v) is 11.1. The van der Waals surface area contributed by atoms with Crippen molar-refractivity contribution in [3.63, 3.8) is 0 Å². The zero-order chi connectivity index (χ0) is 13.1. The van der Waals surface area contributed by atoms with Crippen LogP contribution in [0.2, 0.25) is 0 Å². The first-order chi connectivity index (χ1) is 8.56. The highest BCUT2D eigenvalue weighted by Crippen LogP contribution is 2.11. The van der Waals surface area contributed by atoms with Gasteiger partial charge in [-0.15, -0.1) is 0 Å². The first-order valence-corrected chi connectivity index (χ1v) is 6.07. The predicted octanol–water partition coefficient (Wildman–Crippen LogP) is 0.191. The highest BCUT2D eigenvalue weighted by atomic mass is 16.6. The molecule has 0 aromatic carbocycles. The minimum Gasteiger partial charge on any atom is -0.443 e. The van der Waals surface area contributed by atoms with E-state index >= 15 is 0 Å². The fourth-order valence-corrected chi connectivity index (χ4v) is 1.92. The molecule has 18 heavy (non-hydrogen) atoms. The Balaban J connectivity index is 1.86. The first kappa shape index (κ1) is 12.9. The summed E-state index contributed by atoms with van der Waals surface area (Å²) in [5, 5.41) is 0. The molecule has 1 aliphatic heterocycles. The number of carbonyl (C=O) groups is 1. The summed E-state index contributed by atoms with van der Waals surface area (Å²) in [6.07, 6.45) is 1.50. The predicted molar refractivity (Wildman–Crippen MR) is 70.8 cm³/mol. The number of nitrogens with zero attached hydrogens (tertiary/aromatic N) is 3. The molecule has 0 N–H and O–H groups in total. The lowest BCUT2D eigenvalue weighted by molar-refractivity contribution is 0.00986. The molecule has 1 aromatic heterocycles. The highest BCUT2D eigenvalue weighted by molar-refractivity contribution is 6.05. The van der Waals surface area contributed by atoms with Gasteiger partial charge in [0.25, 0.3) is 0 Å². The van der Waals surface area contributed by atoms with Crippen LogP contribution in [0.25, 0.3) is 0 Å². The van der Waals surface area contributed by atoms with Crippen LogP contribution < -0.4 is 0 Å². The quantitative estimate of drug-likeness (QED) is 0.715. The lowest BCUT2D eigenvalue weighted by atomic mass is 10.1. The fourth-order valence-electron chi connectivity index (χ4n) is 1.92. The van der Waals surface area contributed by atoms with Gasteiger partial charge in [-0.1, -0.05) is 6.07 Å². The van der Waals surface area contributed by atoms with Gasteiger partial charge < -0.3 is 14.4 Å². The Hall–Kier alpha value is -1.56. The number of hydrogen-bond donors (Lipinski definition) is 0. The Bertz CT molecular complexity index is 435. The fraction of sp³-hybridized carbons (Fsp3) is 0.500. The van der Waals surface area contributed by atoms with E-state index in [-0.39, 0.29) is 12.2 Å². The van der Waals surface area contributed by atoms with Crippen molar-refractivity contribution in [1.82, 2.24) is 14.7 Å². The van der Waals surface area contributed by atoms with Crippen LogP contribution in [-0.2, 0) is 11.3 Å². The summed E-state index contributed by atoms with van der Waals surface area (Å²) < 4.78 is 5.35. The van der Waals surface area contributed by atoms with Gasteiger partial charge in [0.1, 0.15) is 6.10 Å². The molecule has 0 unspecified atom stereocenters. The van der Waals surface area contributed by atoms with Crippen LogP contribution in [0.5, 0.6) is 0 Å². The van der Waals surface area contributed by atoms with Crippen molar-refractivity contribution in [1.29, 1.82) is 0 Å². The van der Waals surface area contributed by atoms with E-state index in [0.717, 1.165) is 24.3 Å². The van der Waals surface area contributed by atoms with Crippen molar-refractivity contribution in [2.45, 2.75) is 19.6 Å². The number of hydrogen-bond acceptors (Lipinski definition) is 4. The van der Waals surface area contributed by atoms with Crippen LogP contribution in [-0.4, -0.2) is 55.0 Å². The van der Waals surface area contributed by atoms with Crippen molar-refractivity contribution in [3.05, 3.63) is 29.6 Å². The Morgan fingerprint density at radius 2 is 2.39 bits per heavy atom. The van der Waals surface area contributed by atoms with Crippen molar-refractivity contribution in [2.75, 3.05) is 20.1 Å². The van der Waals surface area contributed by atoms with Gasteiger partial charge in [-0.3, -0.25) is 4.98 Å². The first-order valence-electron chi connectivity index (χ1n) is 6.07. The summed E-state index contributed by atoms with van der Waals surface area (Å²) in [4.78, 5) is 19.8. The second kappa shape index (κ2) is 5.39. The Morgan fingerprint density at radius 3 is 3.00 bits per heavy atom. The molecule has 1 fully saturated rings. The van der Waals surface area contributed by atoms with E-state index in [1.165, 1.54) is 0 Å². The van der Waals surface area contributed by atoms with Gasteiger partial charge in [-0.05, 0) is 18.6 Å². The second-order valence-corrected chi connectivity index (χ2v) is 4.85. The third-order valence-electron chi connectivity index (χ3n) is 3.11. The summed E-state index contributed by atoms with van der Waals surface area (Å²) >= 11 is 0. The van der Waals surface area contributed by atoms with E-state index in [2.05, 4.69) is 9.79 Å². The van der Waals surface area contributed by atoms with E-state index in [1.807, 2.05) is 27.0 Å². The number of rotatable bonds is 3. The molecule has 2 heterocycles. The molecule has 1 amide bonds. The van der Waals surface area contributed by atoms with Crippen LogP contribution in [0, 0.1) is 6.92 Å². The number of aromatic nitrogens is 1. The van der Waals surface area contributed by atoms with Crippen molar-refractivity contribution in [3.8, 4) is 0 Å². The lowest BCUT2D eigenvalue weighted by Crippen LogP contribution is -2.52. The van der Waals surface area contributed by atoms with Crippen LogP contribution in [0.1, 0.15) is 11.3 Å². The maximum atomic E-state index is 11.8. The molecule has 1 aliphatic rings. The minimum absolute atomic E-state index is 0.0368. The highest BCUT2D eigenvalue weighted by Gasteiger charge is 2.27. The van der Waals surface area contributed by atoms with Gasteiger partial charge in [-0.25, -0.2) is 4.79 Å². The molecule has 1 saturated heterocycles. The van der Waals surface area contributed by atoms with E-state index < -0.39 is 0 Å². The third-order valence-corrected chi connectivity index (χ3v) is 3.11. The summed E-state index contributed by atoms with van der Waals surface area (Å²) in [6.45, 7) is 4.11. The van der Waals surface area contributed by atoms with Gasteiger partial charge in [-0.2, -0.15) is 0 Å². The number of carbonyl (C=O) groups excluding carboxylic acids is 1. The average Bonchev–Trinajstić information content (AvgIpc) is 2.30. The molecule has 96 valence electrons. The molecule has 1 aromatic rings. The SMILES string of the molecule is BN1CC(OC(=O)N(C)Cc2ncccc2C)C1. The van der Waals surface area contributed by atoms with E-state index in [4.69, 9.17) is 4.74 Å². The second-order valence-electron chi connectivity index (χ2n) is 4.85. The van der Waals surface area contributed by atoms with Crippen molar-refractivity contribution in [2.24, 2.45) is 0 Å². The maximum Gasteiger partial charge on any atom is 0.410 e. The molecule has 0 saturated carbocycles. The van der Waals surface area contributed by atoms with Crippen molar-refractivity contribution < 1.29 is 9.53 Å². The molecule has 6 heteroatoms. The molecule has 0 aliphatic carbocycles. The van der Waals surface area contributed by atoms with E-state index in [9.17, 15) is 4.79 Å². The zero-order valence-electron chi connectivity index (χ0n) is 11.1. The summed E-state index contributed by atoms with van der Waals surface area (Å²) in [6, 6.07) is 3.88. The Labute approximate surface area is 108 Å². The van der Waals surface area contributed by atoms with Crippen LogP contribution in [0.4, 0.5) is 4.79 Å². The summed E-state index contributed by atoms with van der Waals surface area (Å²) in [5.74, 6) is 0. The minimum atomic E-state index is -0.279. The van der Waals surface area contributed by atoms with Gasteiger partial charge >= 0.3 is 6.09 Å². The number of amides is 1. The molecule has 5 nitrogen and oxygen atoms in total. The normalized spacial score (nSPS) is 16.1. The molecule has 2 rings (SSSR count). The summed E-state index contributed by atoms with van der Waals surface area (Å²) in [7, 11) is 3.74. The van der Waals surface area contributed by atoms with Gasteiger partial charge in [0.05, 0.1) is 12.2 Å². The van der Waals surface area contributed by atoms with Crippen LogP contribution in [0.15, 0.2) is 18.3 Å². The number of aryl methyl sites for hydroxylation is 1. The Kier molecular flexibility index (Phi) is 3.86. The van der Waals surface area contributed by atoms with Gasteiger partial charge in [0.2, 0.25) is 0 Å². The standard InChI is InChI=1S/C12H18BN3O2/c1-9-4-3-5-14-11(9)8-15(2)12(17)18-10-6-16(13)7-10/h3-5,10H,6-8,13H2,1-2H3. The third kappa shape index (κ3) is 3.01. The molecule has 0 radical (unpaired) electrons. The van der Waals surface area contributed by atoms with Crippen LogP contribution >= 0.6 is 0 Å². The number of ether oxygens (including phenoxy) is 1. The summed E-state index contributed by atoms with van der Waals surface area (Å²) in [5.41, 5.74) is 1.99. The smallest absolute Gasteiger partial charge is 0.410 e. The molecule has 0 bridgehead atoms. The van der Waals surface area contributed by atoms with E-state index in [0.29, 0.717) is 6.54 Å². The molecular weight excluding hydrogens is 229 g/mol. The number of pyridine rings is 1. The van der Waals surface area contributed by atoms with Gasteiger partial charge in [0, 0.05) is 26.3 Å².